The summed E-state index contributed by atoms with van der Waals surface area (Å²) < 4.78 is 5.08. The van der Waals surface area contributed by atoms with Gasteiger partial charge in [0.25, 0.3) is 5.91 Å². The number of nitrogens with one attached hydrogen (secondary N) is 1. The molecule has 0 fully saturated rings. The van der Waals surface area contributed by atoms with Crippen molar-refractivity contribution in [2.75, 3.05) is 6.54 Å². The van der Waals surface area contributed by atoms with E-state index in [0.29, 0.717) is 10.8 Å². The zero-order chi connectivity index (χ0) is 12.3. The molecule has 0 saturated heterocycles. The molecule has 0 aliphatic rings. The fourth-order valence-corrected chi connectivity index (χ4v) is 1.92. The highest BCUT2D eigenvalue weighted by Gasteiger charge is 2.13. The van der Waals surface area contributed by atoms with Gasteiger partial charge in [-0.05, 0) is 11.4 Å². The Morgan fingerprint density at radius 2 is 2.47 bits per heavy atom. The van der Waals surface area contributed by atoms with Gasteiger partial charge in [0, 0.05) is 11.1 Å². The molecule has 0 saturated carbocycles. The number of hydrogen-bond acceptors (Lipinski definition) is 4. The molecule has 0 aromatic carbocycles. The van der Waals surface area contributed by atoms with Crippen molar-refractivity contribution in [1.29, 1.82) is 0 Å². The summed E-state index contributed by atoms with van der Waals surface area (Å²) in [5.41, 5.74) is 0.228. The third kappa shape index (κ3) is 2.95. The van der Waals surface area contributed by atoms with E-state index in [2.05, 4.69) is 17.1 Å². The molecular formula is C11H9ClN2O2S. The van der Waals surface area contributed by atoms with Gasteiger partial charge in [0.2, 0.25) is 0 Å². The molecule has 6 heteroatoms. The molecular weight excluding hydrogens is 260 g/mol. The second-order valence-electron chi connectivity index (χ2n) is 3.25. The molecule has 2 aromatic rings. The molecule has 17 heavy (non-hydrogen) atoms. The Bertz CT molecular complexity index is 533. The van der Waals surface area contributed by atoms with Gasteiger partial charge in [0.05, 0.1) is 11.4 Å². The molecule has 2 aromatic heterocycles. The summed E-state index contributed by atoms with van der Waals surface area (Å²) in [6.07, 6.45) is 0. The molecule has 0 unspecified atom stereocenters. The van der Waals surface area contributed by atoms with Crippen LogP contribution in [0, 0.1) is 0 Å². The summed E-state index contributed by atoms with van der Waals surface area (Å²) >= 11 is 7.06. The van der Waals surface area contributed by atoms with Gasteiger partial charge in [-0.25, -0.2) is 0 Å². The van der Waals surface area contributed by atoms with Crippen LogP contribution in [0.2, 0.25) is 0 Å². The quantitative estimate of drug-likeness (QED) is 0.928. The van der Waals surface area contributed by atoms with Gasteiger partial charge in [-0.3, -0.25) is 4.79 Å². The summed E-state index contributed by atoms with van der Waals surface area (Å²) in [5.74, 6) is 0.244. The maximum absolute atomic E-state index is 11.6. The predicted octanol–water partition coefficient (Wildman–Crippen LogP) is 2.89. The van der Waals surface area contributed by atoms with Gasteiger partial charge in [-0.15, -0.1) is 11.3 Å². The highest BCUT2D eigenvalue weighted by molar-refractivity contribution is 7.13. The number of halogens is 1. The number of amides is 1. The maximum atomic E-state index is 11.6. The molecule has 0 aliphatic carbocycles. The van der Waals surface area contributed by atoms with Crippen LogP contribution in [-0.4, -0.2) is 17.6 Å². The van der Waals surface area contributed by atoms with Gasteiger partial charge in [-0.1, -0.05) is 29.4 Å². The number of rotatable bonds is 4. The van der Waals surface area contributed by atoms with Crippen molar-refractivity contribution in [3.05, 3.63) is 40.9 Å². The zero-order valence-electron chi connectivity index (χ0n) is 8.77. The second kappa shape index (κ2) is 5.16. The number of hydrogen-bond donors (Lipinski definition) is 1. The minimum atomic E-state index is -0.335. The minimum absolute atomic E-state index is 0.210. The van der Waals surface area contributed by atoms with Crippen molar-refractivity contribution >= 4 is 28.8 Å². The Kier molecular flexibility index (Phi) is 3.61. The smallest absolute Gasteiger partial charge is 0.273 e. The lowest BCUT2D eigenvalue weighted by Crippen LogP contribution is -2.24. The standard InChI is InChI=1S/C11H9ClN2O2S/c1-7(12)6-13-11(15)8-5-9(16-14-8)10-3-2-4-17-10/h2-5H,1,6H2,(H,13,15). The van der Waals surface area contributed by atoms with E-state index in [-0.39, 0.29) is 18.1 Å². The van der Waals surface area contributed by atoms with E-state index >= 15 is 0 Å². The van der Waals surface area contributed by atoms with Crippen LogP contribution >= 0.6 is 22.9 Å². The SMILES string of the molecule is C=C(Cl)CNC(=O)c1cc(-c2cccs2)on1. The van der Waals surface area contributed by atoms with Crippen LogP contribution in [0.15, 0.2) is 39.7 Å². The molecule has 0 aliphatic heterocycles. The predicted molar refractivity (Wildman–Crippen MR) is 67.1 cm³/mol. The summed E-state index contributed by atoms with van der Waals surface area (Å²) in [6.45, 7) is 3.69. The van der Waals surface area contributed by atoms with Crippen molar-refractivity contribution in [3.8, 4) is 10.6 Å². The third-order valence-corrected chi connectivity index (χ3v) is 2.97. The molecule has 0 bridgehead atoms. The molecule has 2 heterocycles. The number of nitrogens with zero attached hydrogens (tertiary/aromatic N) is 1. The van der Waals surface area contributed by atoms with Crippen LogP contribution in [0.5, 0.6) is 0 Å². The van der Waals surface area contributed by atoms with Gasteiger partial charge in [-0.2, -0.15) is 0 Å². The number of aromatic nitrogens is 1. The van der Waals surface area contributed by atoms with E-state index in [1.54, 1.807) is 6.07 Å². The van der Waals surface area contributed by atoms with Crippen LogP contribution in [0.1, 0.15) is 10.5 Å². The van der Waals surface area contributed by atoms with Crippen LogP contribution in [0.25, 0.3) is 10.6 Å². The highest BCUT2D eigenvalue weighted by Crippen LogP contribution is 2.24. The van der Waals surface area contributed by atoms with E-state index < -0.39 is 0 Å². The maximum Gasteiger partial charge on any atom is 0.273 e. The van der Waals surface area contributed by atoms with E-state index in [0.717, 1.165) is 4.88 Å². The lowest BCUT2D eigenvalue weighted by Gasteiger charge is -1.98. The number of carbonyl (C=O) groups excluding carboxylic acids is 1. The largest absolute Gasteiger partial charge is 0.355 e. The Labute approximate surface area is 107 Å². The lowest BCUT2D eigenvalue weighted by molar-refractivity contribution is 0.0948. The van der Waals surface area contributed by atoms with Crippen LogP contribution < -0.4 is 5.32 Å². The van der Waals surface area contributed by atoms with Crippen molar-refractivity contribution in [1.82, 2.24) is 10.5 Å². The first-order valence-electron chi connectivity index (χ1n) is 4.79. The topological polar surface area (TPSA) is 55.1 Å². The third-order valence-electron chi connectivity index (χ3n) is 1.95. The Morgan fingerprint density at radius 1 is 1.65 bits per heavy atom. The van der Waals surface area contributed by atoms with Crippen LogP contribution in [0.4, 0.5) is 0 Å². The molecule has 0 spiro atoms. The highest BCUT2D eigenvalue weighted by atomic mass is 35.5. The Balaban J connectivity index is 2.08. The van der Waals surface area contributed by atoms with Crippen molar-refractivity contribution in [2.24, 2.45) is 0 Å². The Hall–Kier alpha value is -1.59. The van der Waals surface area contributed by atoms with E-state index in [1.807, 2.05) is 17.5 Å². The van der Waals surface area contributed by atoms with E-state index in [4.69, 9.17) is 16.1 Å². The molecule has 0 atom stereocenters. The molecule has 2 rings (SSSR count). The van der Waals surface area contributed by atoms with Gasteiger partial charge in [0.1, 0.15) is 0 Å². The monoisotopic (exact) mass is 268 g/mol. The average Bonchev–Trinajstić information content (AvgIpc) is 2.94. The van der Waals surface area contributed by atoms with Crippen LogP contribution in [0.3, 0.4) is 0 Å². The number of thiophene rings is 1. The average molecular weight is 269 g/mol. The first kappa shape index (κ1) is 11.9. The lowest BCUT2D eigenvalue weighted by atomic mass is 10.3. The van der Waals surface area contributed by atoms with Crippen LogP contribution in [-0.2, 0) is 0 Å². The summed E-state index contributed by atoms with van der Waals surface area (Å²) in [6, 6.07) is 5.39. The second-order valence-corrected chi connectivity index (χ2v) is 4.74. The first-order chi connectivity index (χ1) is 8.16. The van der Waals surface area contributed by atoms with Crippen molar-refractivity contribution < 1.29 is 9.32 Å². The summed E-state index contributed by atoms with van der Waals surface area (Å²) in [7, 11) is 0. The summed E-state index contributed by atoms with van der Waals surface area (Å²) in [5, 5.41) is 8.55. The normalized spacial score (nSPS) is 10.2. The molecule has 1 N–H and O–H groups in total. The fraction of sp³-hybridized carbons (Fsp3) is 0.0909. The summed E-state index contributed by atoms with van der Waals surface area (Å²) in [4.78, 5) is 12.5. The first-order valence-corrected chi connectivity index (χ1v) is 6.04. The number of carbonyl (C=O) groups is 1. The zero-order valence-corrected chi connectivity index (χ0v) is 10.3. The molecule has 88 valence electrons. The molecule has 1 amide bonds. The van der Waals surface area contributed by atoms with Crippen molar-refractivity contribution in [2.45, 2.75) is 0 Å². The minimum Gasteiger partial charge on any atom is -0.355 e. The Morgan fingerprint density at radius 3 is 3.12 bits per heavy atom. The van der Waals surface area contributed by atoms with E-state index in [9.17, 15) is 4.79 Å². The molecule has 4 nitrogen and oxygen atoms in total. The van der Waals surface area contributed by atoms with E-state index in [1.165, 1.54) is 11.3 Å². The fourth-order valence-electron chi connectivity index (χ4n) is 1.18. The van der Waals surface area contributed by atoms with Gasteiger partial charge in [0.15, 0.2) is 11.5 Å². The van der Waals surface area contributed by atoms with Crippen molar-refractivity contribution in [3.63, 3.8) is 0 Å². The molecule has 0 radical (unpaired) electrons. The van der Waals surface area contributed by atoms with Gasteiger partial charge < -0.3 is 9.84 Å². The van der Waals surface area contributed by atoms with Gasteiger partial charge >= 0.3 is 0 Å².